The van der Waals surface area contributed by atoms with Crippen molar-refractivity contribution < 1.29 is 23.1 Å². The standard InChI is InChI=1S/C22H16F2N2O3S/c1-29-20(28)12-26-21-17(24)10-15(23)11-18(21)30-22(26)25-19(27)9-14-7-4-6-13-5-2-3-8-16(13)14/h2-8,10-11H,9,12H2,1H3. The van der Waals surface area contributed by atoms with E-state index in [4.69, 9.17) is 0 Å². The van der Waals surface area contributed by atoms with Gasteiger partial charge in [-0.3, -0.25) is 9.59 Å². The molecule has 0 unspecified atom stereocenters. The maximum atomic E-state index is 14.4. The first-order chi connectivity index (χ1) is 14.5. The molecule has 0 saturated carbocycles. The van der Waals surface area contributed by atoms with Crippen molar-refractivity contribution in [3.8, 4) is 0 Å². The Bertz CT molecular complexity index is 1350. The second kappa shape index (κ2) is 8.16. The van der Waals surface area contributed by atoms with E-state index < -0.39 is 23.5 Å². The number of carbonyl (C=O) groups excluding carboxylic acids is 2. The quantitative estimate of drug-likeness (QED) is 0.464. The van der Waals surface area contributed by atoms with Gasteiger partial charge in [0.05, 0.1) is 23.7 Å². The van der Waals surface area contributed by atoms with Crippen LogP contribution in [0.15, 0.2) is 59.6 Å². The predicted molar refractivity (Wildman–Crippen MR) is 110 cm³/mol. The Morgan fingerprint density at radius 2 is 1.87 bits per heavy atom. The second-order valence-electron chi connectivity index (χ2n) is 6.60. The van der Waals surface area contributed by atoms with E-state index in [2.05, 4.69) is 9.73 Å². The Labute approximate surface area is 173 Å². The minimum Gasteiger partial charge on any atom is -0.468 e. The van der Waals surface area contributed by atoms with Crippen LogP contribution in [-0.2, 0) is 27.3 Å². The molecule has 0 fully saturated rings. The van der Waals surface area contributed by atoms with Crippen molar-refractivity contribution in [1.29, 1.82) is 0 Å². The number of nitrogens with zero attached hydrogens (tertiary/aromatic N) is 2. The van der Waals surface area contributed by atoms with Crippen molar-refractivity contribution in [2.24, 2.45) is 4.99 Å². The smallest absolute Gasteiger partial charge is 0.325 e. The molecule has 1 amide bonds. The molecule has 3 aromatic carbocycles. The number of ether oxygens (including phenoxy) is 1. The molecule has 0 N–H and O–H groups in total. The number of hydrogen-bond acceptors (Lipinski definition) is 4. The fraction of sp³-hybridized carbons (Fsp3) is 0.136. The van der Waals surface area contributed by atoms with E-state index in [1.165, 1.54) is 11.7 Å². The zero-order valence-electron chi connectivity index (χ0n) is 15.9. The Balaban J connectivity index is 1.79. The van der Waals surface area contributed by atoms with Crippen LogP contribution in [0.1, 0.15) is 5.56 Å². The van der Waals surface area contributed by atoms with Gasteiger partial charge in [0.25, 0.3) is 5.91 Å². The molecule has 0 spiro atoms. The van der Waals surface area contributed by atoms with Gasteiger partial charge in [-0.2, -0.15) is 4.99 Å². The summed E-state index contributed by atoms with van der Waals surface area (Å²) in [6.07, 6.45) is 0.0324. The van der Waals surface area contributed by atoms with Crippen molar-refractivity contribution in [2.45, 2.75) is 13.0 Å². The fourth-order valence-electron chi connectivity index (χ4n) is 3.31. The largest absolute Gasteiger partial charge is 0.468 e. The fourth-order valence-corrected chi connectivity index (χ4v) is 4.40. The number of rotatable bonds is 4. The zero-order chi connectivity index (χ0) is 21.3. The van der Waals surface area contributed by atoms with E-state index in [1.807, 2.05) is 42.5 Å². The highest BCUT2D eigenvalue weighted by molar-refractivity contribution is 7.16. The van der Waals surface area contributed by atoms with Crippen molar-refractivity contribution in [1.82, 2.24) is 4.57 Å². The molecular weight excluding hydrogens is 410 g/mol. The van der Waals surface area contributed by atoms with Crippen LogP contribution in [0.25, 0.3) is 21.0 Å². The van der Waals surface area contributed by atoms with Gasteiger partial charge in [0.1, 0.15) is 12.4 Å². The Kier molecular flexibility index (Phi) is 5.41. The van der Waals surface area contributed by atoms with Crippen LogP contribution < -0.4 is 4.80 Å². The van der Waals surface area contributed by atoms with Crippen molar-refractivity contribution >= 4 is 44.2 Å². The maximum absolute atomic E-state index is 14.4. The lowest BCUT2D eigenvalue weighted by atomic mass is 10.0. The first-order valence-electron chi connectivity index (χ1n) is 9.05. The minimum atomic E-state index is -0.840. The van der Waals surface area contributed by atoms with Crippen LogP contribution in [0.2, 0.25) is 0 Å². The Morgan fingerprint density at radius 1 is 1.10 bits per heavy atom. The number of amides is 1. The van der Waals surface area contributed by atoms with Gasteiger partial charge in [0.15, 0.2) is 10.6 Å². The summed E-state index contributed by atoms with van der Waals surface area (Å²) in [6, 6.07) is 15.2. The van der Waals surface area contributed by atoms with Gasteiger partial charge < -0.3 is 9.30 Å². The molecule has 0 radical (unpaired) electrons. The summed E-state index contributed by atoms with van der Waals surface area (Å²) in [6.45, 7) is -0.348. The molecule has 0 aliphatic heterocycles. The van der Waals surface area contributed by atoms with E-state index >= 15 is 0 Å². The Morgan fingerprint density at radius 3 is 2.67 bits per heavy atom. The molecule has 0 aliphatic rings. The van der Waals surface area contributed by atoms with Crippen molar-refractivity contribution in [3.05, 3.63) is 76.6 Å². The normalized spacial score (nSPS) is 11.9. The van der Waals surface area contributed by atoms with Crippen molar-refractivity contribution in [3.63, 3.8) is 0 Å². The molecule has 0 atom stereocenters. The topological polar surface area (TPSA) is 60.7 Å². The average Bonchev–Trinajstić information content (AvgIpc) is 3.04. The van der Waals surface area contributed by atoms with Gasteiger partial charge >= 0.3 is 5.97 Å². The number of halogens is 2. The van der Waals surface area contributed by atoms with Crippen LogP contribution in [0.3, 0.4) is 0 Å². The first-order valence-corrected chi connectivity index (χ1v) is 9.87. The molecule has 4 rings (SSSR count). The first kappa shape index (κ1) is 19.9. The molecule has 4 aromatic rings. The number of methoxy groups -OCH3 is 1. The van der Waals surface area contributed by atoms with Gasteiger partial charge in [-0.1, -0.05) is 53.8 Å². The molecule has 0 aliphatic carbocycles. The van der Waals surface area contributed by atoms with Gasteiger partial charge in [-0.05, 0) is 22.4 Å². The SMILES string of the molecule is COC(=O)Cn1c(=NC(=O)Cc2cccc3ccccc23)sc2cc(F)cc(F)c21. The van der Waals surface area contributed by atoms with Gasteiger partial charge in [-0.15, -0.1) is 0 Å². The molecule has 1 heterocycles. The van der Waals surface area contributed by atoms with E-state index in [9.17, 15) is 18.4 Å². The number of hydrogen-bond donors (Lipinski definition) is 0. The lowest BCUT2D eigenvalue weighted by Gasteiger charge is -2.05. The summed E-state index contributed by atoms with van der Waals surface area (Å²) in [7, 11) is 1.20. The van der Waals surface area contributed by atoms with E-state index in [0.29, 0.717) is 0 Å². The number of benzene rings is 3. The number of carbonyl (C=O) groups is 2. The Hall–Kier alpha value is -3.39. The summed E-state index contributed by atoms with van der Waals surface area (Å²) in [4.78, 5) is 28.7. The monoisotopic (exact) mass is 426 g/mol. The third-order valence-electron chi connectivity index (χ3n) is 4.65. The van der Waals surface area contributed by atoms with Crippen LogP contribution in [0.5, 0.6) is 0 Å². The zero-order valence-corrected chi connectivity index (χ0v) is 16.7. The van der Waals surface area contributed by atoms with E-state index in [-0.39, 0.29) is 28.0 Å². The number of esters is 1. The van der Waals surface area contributed by atoms with Crippen LogP contribution >= 0.6 is 11.3 Å². The number of thiazole rings is 1. The average molecular weight is 426 g/mol. The van der Waals surface area contributed by atoms with E-state index in [0.717, 1.165) is 39.8 Å². The highest BCUT2D eigenvalue weighted by atomic mass is 32.1. The molecular formula is C22H16F2N2O3S. The number of fused-ring (bicyclic) bond motifs is 2. The summed E-state index contributed by atoms with van der Waals surface area (Å²) < 4.78 is 34.2. The van der Waals surface area contributed by atoms with Crippen LogP contribution in [0, 0.1) is 11.6 Å². The van der Waals surface area contributed by atoms with Gasteiger partial charge in [-0.25, -0.2) is 8.78 Å². The molecule has 5 nitrogen and oxygen atoms in total. The summed E-state index contributed by atoms with van der Waals surface area (Å²) in [5, 5.41) is 1.94. The molecule has 0 saturated heterocycles. The lowest BCUT2D eigenvalue weighted by Crippen LogP contribution is -2.23. The summed E-state index contributed by atoms with van der Waals surface area (Å²) >= 11 is 0.935. The molecule has 152 valence electrons. The highest BCUT2D eigenvalue weighted by Crippen LogP contribution is 2.23. The van der Waals surface area contributed by atoms with Gasteiger partial charge in [0.2, 0.25) is 0 Å². The molecule has 0 bridgehead atoms. The summed E-state index contributed by atoms with van der Waals surface area (Å²) in [5.74, 6) is -2.69. The second-order valence-corrected chi connectivity index (χ2v) is 7.61. The van der Waals surface area contributed by atoms with Gasteiger partial charge in [0, 0.05) is 6.07 Å². The maximum Gasteiger partial charge on any atom is 0.325 e. The van der Waals surface area contributed by atoms with Crippen LogP contribution in [0.4, 0.5) is 8.78 Å². The van der Waals surface area contributed by atoms with E-state index in [1.54, 1.807) is 0 Å². The van der Waals surface area contributed by atoms with Crippen molar-refractivity contribution in [2.75, 3.05) is 7.11 Å². The molecule has 8 heteroatoms. The van der Waals surface area contributed by atoms with Crippen LogP contribution in [-0.4, -0.2) is 23.6 Å². The predicted octanol–water partition coefficient (Wildman–Crippen LogP) is 3.98. The minimum absolute atomic E-state index is 0.00325. The molecule has 1 aromatic heterocycles. The summed E-state index contributed by atoms with van der Waals surface area (Å²) in [5.41, 5.74) is 0.809. The lowest BCUT2D eigenvalue weighted by molar-refractivity contribution is -0.141. The molecule has 30 heavy (non-hydrogen) atoms. The third kappa shape index (κ3) is 3.86. The number of aromatic nitrogens is 1. The third-order valence-corrected chi connectivity index (χ3v) is 5.68. The highest BCUT2D eigenvalue weighted by Gasteiger charge is 2.17.